The lowest BCUT2D eigenvalue weighted by Crippen LogP contribution is -2.23. The summed E-state index contributed by atoms with van der Waals surface area (Å²) in [6.45, 7) is 0. The second kappa shape index (κ2) is 12.7. The molecule has 1 aromatic carbocycles. The zero-order valence-corrected chi connectivity index (χ0v) is 17.3. The van der Waals surface area contributed by atoms with Gasteiger partial charge in [0.25, 0.3) is 0 Å². The number of carbonyl (C=O) groups is 1. The van der Waals surface area contributed by atoms with Crippen LogP contribution in [-0.4, -0.2) is 44.7 Å². The van der Waals surface area contributed by atoms with Crippen molar-refractivity contribution in [1.29, 1.82) is 0 Å². The quantitative estimate of drug-likeness (QED) is 0.325. The molecule has 30 heavy (non-hydrogen) atoms. The number of aliphatic hydroxyl groups excluding tert-OH is 3. The highest BCUT2D eigenvalue weighted by atomic mass is 19.1. The molecule has 1 aliphatic rings. The van der Waals surface area contributed by atoms with Gasteiger partial charge in [-0.3, -0.25) is 4.79 Å². The summed E-state index contributed by atoms with van der Waals surface area (Å²) >= 11 is 0. The van der Waals surface area contributed by atoms with E-state index in [1.54, 1.807) is 18.2 Å². The standard InChI is InChI=1S/C24H33FO5/c25-21-12-6-5-8-17(21)9-7-10-18(26)14-15-20-19(22(27)16-23(20)28)11-3-1-2-4-13-24(29)30/h5-6,8,12,18-20,22-23,26-28H,1-4,9,11,13-16H2,(H,29,30)/t18?,19-,20-,22+,23-/m1/s1. The predicted molar refractivity (Wildman–Crippen MR) is 112 cm³/mol. The largest absolute Gasteiger partial charge is 0.481 e. The van der Waals surface area contributed by atoms with Gasteiger partial charge in [0, 0.05) is 12.8 Å². The number of carboxylic acids is 1. The lowest BCUT2D eigenvalue weighted by atomic mass is 9.85. The number of rotatable bonds is 11. The monoisotopic (exact) mass is 420 g/mol. The minimum Gasteiger partial charge on any atom is -0.481 e. The maximum atomic E-state index is 13.6. The van der Waals surface area contributed by atoms with Gasteiger partial charge in [-0.2, -0.15) is 0 Å². The van der Waals surface area contributed by atoms with E-state index in [2.05, 4.69) is 11.8 Å². The lowest BCUT2D eigenvalue weighted by Gasteiger charge is -2.24. The van der Waals surface area contributed by atoms with Crippen LogP contribution < -0.4 is 0 Å². The van der Waals surface area contributed by atoms with Crippen molar-refractivity contribution < 1.29 is 29.6 Å². The summed E-state index contributed by atoms with van der Waals surface area (Å²) in [6, 6.07) is 6.41. The Kier molecular flexibility index (Phi) is 10.3. The average molecular weight is 421 g/mol. The van der Waals surface area contributed by atoms with Crippen molar-refractivity contribution >= 4 is 5.97 Å². The van der Waals surface area contributed by atoms with Crippen LogP contribution in [0, 0.1) is 29.5 Å². The van der Waals surface area contributed by atoms with E-state index in [0.717, 1.165) is 25.7 Å². The summed E-state index contributed by atoms with van der Waals surface area (Å²) in [5.74, 6) is 4.38. The normalized spacial score (nSPS) is 24.3. The predicted octanol–water partition coefficient (Wildman–Crippen LogP) is 3.30. The molecule has 0 aliphatic heterocycles. The van der Waals surface area contributed by atoms with Crippen LogP contribution in [0.5, 0.6) is 0 Å². The van der Waals surface area contributed by atoms with Gasteiger partial charge in [-0.25, -0.2) is 4.39 Å². The van der Waals surface area contributed by atoms with Gasteiger partial charge in [0.05, 0.1) is 12.2 Å². The maximum Gasteiger partial charge on any atom is 0.303 e. The van der Waals surface area contributed by atoms with Crippen LogP contribution in [-0.2, 0) is 11.2 Å². The molecule has 0 aromatic heterocycles. The first-order valence-electron chi connectivity index (χ1n) is 10.9. The molecule has 0 amide bonds. The summed E-state index contributed by atoms with van der Waals surface area (Å²) in [4.78, 5) is 10.5. The van der Waals surface area contributed by atoms with Gasteiger partial charge >= 0.3 is 5.97 Å². The van der Waals surface area contributed by atoms with Crippen LogP contribution in [0.15, 0.2) is 24.3 Å². The Morgan fingerprint density at radius 2 is 1.73 bits per heavy atom. The third kappa shape index (κ3) is 8.06. The van der Waals surface area contributed by atoms with Crippen LogP contribution in [0.4, 0.5) is 4.39 Å². The molecule has 166 valence electrons. The fraction of sp³-hybridized carbons (Fsp3) is 0.625. The molecule has 0 spiro atoms. The van der Waals surface area contributed by atoms with Crippen LogP contribution in [0.2, 0.25) is 0 Å². The third-order valence-corrected chi connectivity index (χ3v) is 5.98. The highest BCUT2D eigenvalue weighted by Gasteiger charge is 2.40. The molecule has 0 saturated heterocycles. The Labute approximate surface area is 177 Å². The summed E-state index contributed by atoms with van der Waals surface area (Å²) in [5.41, 5.74) is 0.495. The van der Waals surface area contributed by atoms with Gasteiger partial charge in [-0.05, 0) is 55.6 Å². The van der Waals surface area contributed by atoms with E-state index in [4.69, 9.17) is 5.11 Å². The van der Waals surface area contributed by atoms with Crippen LogP contribution in [0.25, 0.3) is 0 Å². The molecule has 0 radical (unpaired) electrons. The minimum absolute atomic E-state index is 0.0157. The Morgan fingerprint density at radius 1 is 1.07 bits per heavy atom. The number of halogens is 1. The van der Waals surface area contributed by atoms with Gasteiger partial charge in [0.2, 0.25) is 0 Å². The van der Waals surface area contributed by atoms with Gasteiger partial charge in [-0.15, -0.1) is 0 Å². The molecule has 0 heterocycles. The third-order valence-electron chi connectivity index (χ3n) is 5.98. The second-order valence-corrected chi connectivity index (χ2v) is 8.23. The number of aliphatic carboxylic acids is 1. The average Bonchev–Trinajstić information content (AvgIpc) is 2.96. The molecule has 1 aromatic rings. The van der Waals surface area contributed by atoms with Crippen LogP contribution >= 0.6 is 0 Å². The lowest BCUT2D eigenvalue weighted by molar-refractivity contribution is -0.137. The molecule has 1 saturated carbocycles. The van der Waals surface area contributed by atoms with Gasteiger partial charge < -0.3 is 20.4 Å². The first kappa shape index (κ1) is 24.3. The van der Waals surface area contributed by atoms with Gasteiger partial charge in [0.1, 0.15) is 11.9 Å². The van der Waals surface area contributed by atoms with Crippen molar-refractivity contribution in [2.24, 2.45) is 11.8 Å². The number of hydrogen-bond donors (Lipinski definition) is 4. The van der Waals surface area contributed by atoms with Crippen molar-refractivity contribution in [3.63, 3.8) is 0 Å². The zero-order chi connectivity index (χ0) is 21.9. The van der Waals surface area contributed by atoms with E-state index < -0.39 is 24.3 Å². The van der Waals surface area contributed by atoms with Crippen molar-refractivity contribution in [2.45, 2.75) is 82.5 Å². The molecular weight excluding hydrogens is 387 g/mol. The molecule has 4 N–H and O–H groups in total. The maximum absolute atomic E-state index is 13.6. The second-order valence-electron chi connectivity index (χ2n) is 8.23. The topological polar surface area (TPSA) is 98.0 Å². The van der Waals surface area contributed by atoms with E-state index >= 15 is 0 Å². The molecular formula is C24H33FO5. The van der Waals surface area contributed by atoms with Crippen molar-refractivity contribution in [3.8, 4) is 11.8 Å². The smallest absolute Gasteiger partial charge is 0.303 e. The molecule has 1 fully saturated rings. The molecule has 1 aliphatic carbocycles. The van der Waals surface area contributed by atoms with E-state index in [1.165, 1.54) is 6.07 Å². The fourth-order valence-electron chi connectivity index (χ4n) is 4.32. The molecule has 0 bridgehead atoms. The van der Waals surface area contributed by atoms with Gasteiger partial charge in [0.15, 0.2) is 0 Å². The molecule has 6 heteroatoms. The molecule has 2 rings (SSSR count). The zero-order valence-electron chi connectivity index (χ0n) is 17.3. The number of carboxylic acid groups (broad SMARTS) is 1. The number of hydrogen-bond acceptors (Lipinski definition) is 4. The molecule has 5 nitrogen and oxygen atoms in total. The first-order chi connectivity index (χ1) is 14.4. The van der Waals surface area contributed by atoms with E-state index in [1.807, 2.05) is 0 Å². The Bertz CT molecular complexity index is 726. The van der Waals surface area contributed by atoms with Gasteiger partial charge in [-0.1, -0.05) is 49.3 Å². The summed E-state index contributed by atoms with van der Waals surface area (Å²) in [6.07, 6.45) is 3.83. The Hall–Kier alpha value is -1.94. The molecule has 5 atom stereocenters. The van der Waals surface area contributed by atoms with Crippen molar-refractivity contribution in [2.75, 3.05) is 0 Å². The van der Waals surface area contributed by atoms with E-state index in [9.17, 15) is 24.5 Å². The Morgan fingerprint density at radius 3 is 2.43 bits per heavy atom. The van der Waals surface area contributed by atoms with Crippen molar-refractivity contribution in [3.05, 3.63) is 35.6 Å². The van der Waals surface area contributed by atoms with Crippen molar-refractivity contribution in [1.82, 2.24) is 0 Å². The first-order valence-corrected chi connectivity index (χ1v) is 10.9. The van der Waals surface area contributed by atoms with E-state index in [-0.39, 0.29) is 30.5 Å². The summed E-state index contributed by atoms with van der Waals surface area (Å²) in [5, 5.41) is 39.4. The number of unbranched alkanes of at least 4 members (excludes halogenated alkanes) is 3. The number of aliphatic hydroxyl groups is 3. The number of benzene rings is 1. The minimum atomic E-state index is -0.849. The summed E-state index contributed by atoms with van der Waals surface area (Å²) in [7, 11) is 0. The van der Waals surface area contributed by atoms with Crippen LogP contribution in [0.3, 0.4) is 0 Å². The Balaban J connectivity index is 1.75. The van der Waals surface area contributed by atoms with E-state index in [0.29, 0.717) is 31.2 Å². The highest BCUT2D eigenvalue weighted by Crippen LogP contribution is 2.39. The fourth-order valence-corrected chi connectivity index (χ4v) is 4.32. The molecule has 1 unspecified atom stereocenters. The SMILES string of the molecule is O=C(O)CCCCCC[C@@H]1[C@@H](CCC(O)C#CCc2ccccc2F)[C@H](O)C[C@@H]1O. The highest BCUT2D eigenvalue weighted by molar-refractivity contribution is 5.66. The summed E-state index contributed by atoms with van der Waals surface area (Å²) < 4.78 is 13.6. The van der Waals surface area contributed by atoms with Crippen LogP contribution in [0.1, 0.15) is 63.4 Å².